The van der Waals surface area contributed by atoms with Crippen molar-refractivity contribution in [2.75, 3.05) is 19.8 Å². The van der Waals surface area contributed by atoms with Crippen molar-refractivity contribution in [3.05, 3.63) is 102 Å². The number of aliphatic hydroxyl groups is 1. The van der Waals surface area contributed by atoms with Crippen LogP contribution in [0.4, 0.5) is 0 Å². The van der Waals surface area contributed by atoms with E-state index in [0.717, 1.165) is 33.6 Å². The van der Waals surface area contributed by atoms with E-state index in [4.69, 9.17) is 14.2 Å². The molecule has 1 N–H and O–H groups in total. The maximum Gasteiger partial charge on any atom is 0.163 e. The van der Waals surface area contributed by atoms with Crippen molar-refractivity contribution in [3.8, 4) is 5.75 Å². The SMILES string of the molecule is CC1(C)OCC(COc2ccc(C(=C(CCO)c3ccccc3)c3ccccc3)cc2)O1. The Hall–Kier alpha value is -2.92. The molecule has 4 rings (SSSR count). The van der Waals surface area contributed by atoms with Crippen molar-refractivity contribution in [3.63, 3.8) is 0 Å². The molecule has 1 aliphatic heterocycles. The highest BCUT2D eigenvalue weighted by molar-refractivity contribution is 5.98. The van der Waals surface area contributed by atoms with E-state index < -0.39 is 5.79 Å². The lowest BCUT2D eigenvalue weighted by Gasteiger charge is -2.18. The van der Waals surface area contributed by atoms with Gasteiger partial charge in [-0.05, 0) is 60.2 Å². The Morgan fingerprint density at radius 1 is 0.875 bits per heavy atom. The van der Waals surface area contributed by atoms with Crippen LogP contribution in [0.5, 0.6) is 5.75 Å². The van der Waals surface area contributed by atoms with Crippen molar-refractivity contribution in [1.82, 2.24) is 0 Å². The number of ether oxygens (including phenoxy) is 3. The van der Waals surface area contributed by atoms with E-state index in [2.05, 4.69) is 36.4 Å². The molecule has 4 nitrogen and oxygen atoms in total. The van der Waals surface area contributed by atoms with Crippen LogP contribution in [0.15, 0.2) is 84.9 Å². The van der Waals surface area contributed by atoms with E-state index in [1.54, 1.807) is 0 Å². The first kappa shape index (κ1) is 22.3. The minimum absolute atomic E-state index is 0.0707. The van der Waals surface area contributed by atoms with Gasteiger partial charge in [0.25, 0.3) is 0 Å². The Bertz CT molecular complexity index is 1020. The second kappa shape index (κ2) is 10.1. The third kappa shape index (κ3) is 5.46. The third-order valence-electron chi connectivity index (χ3n) is 5.49. The van der Waals surface area contributed by atoms with Gasteiger partial charge in [-0.3, -0.25) is 0 Å². The second-order valence-electron chi connectivity index (χ2n) is 8.35. The summed E-state index contributed by atoms with van der Waals surface area (Å²) in [6, 6.07) is 28.7. The summed E-state index contributed by atoms with van der Waals surface area (Å²) in [5, 5.41) is 9.82. The first-order chi connectivity index (χ1) is 15.6. The average molecular weight is 431 g/mol. The summed E-state index contributed by atoms with van der Waals surface area (Å²) in [6.07, 6.45) is 0.500. The molecule has 0 aromatic heterocycles. The molecule has 0 aliphatic carbocycles. The van der Waals surface area contributed by atoms with Gasteiger partial charge in [0.05, 0.1) is 6.61 Å². The zero-order valence-electron chi connectivity index (χ0n) is 18.7. The molecule has 32 heavy (non-hydrogen) atoms. The number of rotatable bonds is 8. The summed E-state index contributed by atoms with van der Waals surface area (Å²) in [4.78, 5) is 0. The molecule has 1 unspecified atom stereocenters. The van der Waals surface area contributed by atoms with Gasteiger partial charge in [-0.25, -0.2) is 0 Å². The van der Waals surface area contributed by atoms with Gasteiger partial charge in [-0.1, -0.05) is 72.8 Å². The maximum absolute atomic E-state index is 9.82. The molecule has 0 amide bonds. The molecule has 1 atom stereocenters. The summed E-state index contributed by atoms with van der Waals surface area (Å²) in [5.74, 6) is 0.242. The minimum Gasteiger partial charge on any atom is -0.491 e. The first-order valence-corrected chi connectivity index (χ1v) is 11.1. The predicted molar refractivity (Wildman–Crippen MR) is 127 cm³/mol. The zero-order valence-corrected chi connectivity index (χ0v) is 18.7. The van der Waals surface area contributed by atoms with Gasteiger partial charge >= 0.3 is 0 Å². The summed E-state index contributed by atoms with van der Waals surface area (Å²) < 4.78 is 17.4. The van der Waals surface area contributed by atoms with Crippen LogP contribution in [0.1, 0.15) is 37.0 Å². The molecule has 0 bridgehead atoms. The molecule has 3 aromatic carbocycles. The number of hydrogen-bond acceptors (Lipinski definition) is 4. The number of aliphatic hydroxyl groups excluding tert-OH is 1. The van der Waals surface area contributed by atoms with Crippen molar-refractivity contribution in [2.45, 2.75) is 32.2 Å². The number of benzene rings is 3. The van der Waals surface area contributed by atoms with Gasteiger partial charge in [0.1, 0.15) is 18.5 Å². The molecule has 4 heteroatoms. The summed E-state index contributed by atoms with van der Waals surface area (Å²) in [7, 11) is 0. The lowest BCUT2D eigenvalue weighted by molar-refractivity contribution is -0.141. The largest absolute Gasteiger partial charge is 0.491 e. The Labute approximate surface area is 190 Å². The molecule has 0 spiro atoms. The lowest BCUT2D eigenvalue weighted by atomic mass is 9.88. The van der Waals surface area contributed by atoms with Crippen LogP contribution in [0.25, 0.3) is 11.1 Å². The van der Waals surface area contributed by atoms with Gasteiger partial charge in [-0.15, -0.1) is 0 Å². The van der Waals surface area contributed by atoms with E-state index in [-0.39, 0.29) is 12.7 Å². The summed E-state index contributed by atoms with van der Waals surface area (Å²) in [6.45, 7) is 4.89. The van der Waals surface area contributed by atoms with Crippen molar-refractivity contribution >= 4 is 11.1 Å². The van der Waals surface area contributed by atoms with Crippen LogP contribution < -0.4 is 4.74 Å². The molecule has 166 valence electrons. The topological polar surface area (TPSA) is 47.9 Å². The van der Waals surface area contributed by atoms with Gasteiger partial charge in [0.2, 0.25) is 0 Å². The monoisotopic (exact) mass is 430 g/mol. The molecule has 0 radical (unpaired) electrons. The van der Waals surface area contributed by atoms with E-state index in [1.807, 2.05) is 62.4 Å². The second-order valence-corrected chi connectivity index (χ2v) is 8.35. The molecule has 1 saturated heterocycles. The Kier molecular flexibility index (Phi) is 7.05. The fourth-order valence-corrected chi connectivity index (χ4v) is 4.04. The van der Waals surface area contributed by atoms with Crippen molar-refractivity contribution in [1.29, 1.82) is 0 Å². The van der Waals surface area contributed by atoms with Crippen LogP contribution in [0.3, 0.4) is 0 Å². The molecule has 1 heterocycles. The van der Waals surface area contributed by atoms with Crippen molar-refractivity contribution in [2.24, 2.45) is 0 Å². The van der Waals surface area contributed by atoms with E-state index in [9.17, 15) is 5.11 Å². The highest BCUT2D eigenvalue weighted by Gasteiger charge is 2.32. The van der Waals surface area contributed by atoms with Gasteiger partial charge < -0.3 is 19.3 Å². The summed E-state index contributed by atoms with van der Waals surface area (Å²) in [5.41, 5.74) is 5.55. The highest BCUT2D eigenvalue weighted by atomic mass is 16.7. The van der Waals surface area contributed by atoms with E-state index in [0.29, 0.717) is 19.6 Å². The standard InChI is InChI=1S/C28H30O4/c1-28(2)31-20-25(32-28)19-30-24-15-13-23(14-16-24)27(22-11-7-4-8-12-22)26(17-18-29)21-9-5-3-6-10-21/h3-16,25,29H,17-20H2,1-2H3. The molecule has 1 aliphatic rings. The fraction of sp³-hybridized carbons (Fsp3) is 0.286. The first-order valence-electron chi connectivity index (χ1n) is 11.1. The third-order valence-corrected chi connectivity index (χ3v) is 5.49. The predicted octanol–water partition coefficient (Wildman–Crippen LogP) is 5.56. The molecular weight excluding hydrogens is 400 g/mol. The number of hydrogen-bond donors (Lipinski definition) is 1. The van der Waals surface area contributed by atoms with Crippen LogP contribution in [-0.2, 0) is 9.47 Å². The zero-order chi connectivity index (χ0) is 22.4. The van der Waals surface area contributed by atoms with E-state index in [1.165, 1.54) is 0 Å². The Morgan fingerprint density at radius 2 is 1.47 bits per heavy atom. The van der Waals surface area contributed by atoms with Crippen molar-refractivity contribution < 1.29 is 19.3 Å². The van der Waals surface area contributed by atoms with Crippen LogP contribution in [0.2, 0.25) is 0 Å². The minimum atomic E-state index is -0.548. The van der Waals surface area contributed by atoms with Crippen LogP contribution >= 0.6 is 0 Å². The molecular formula is C28H30O4. The average Bonchev–Trinajstić information content (AvgIpc) is 3.18. The smallest absolute Gasteiger partial charge is 0.163 e. The molecule has 1 fully saturated rings. The Balaban J connectivity index is 1.63. The summed E-state index contributed by atoms with van der Waals surface area (Å²) >= 11 is 0. The normalized spacial score (nSPS) is 18.3. The van der Waals surface area contributed by atoms with Crippen LogP contribution in [-0.4, -0.2) is 36.8 Å². The van der Waals surface area contributed by atoms with Gasteiger partial charge in [0, 0.05) is 6.61 Å². The molecule has 3 aromatic rings. The lowest BCUT2D eigenvalue weighted by Crippen LogP contribution is -2.25. The quantitative estimate of drug-likeness (QED) is 0.476. The highest BCUT2D eigenvalue weighted by Crippen LogP contribution is 2.35. The van der Waals surface area contributed by atoms with E-state index >= 15 is 0 Å². The maximum atomic E-state index is 9.82. The van der Waals surface area contributed by atoms with Gasteiger partial charge in [0.15, 0.2) is 5.79 Å². The van der Waals surface area contributed by atoms with Gasteiger partial charge in [-0.2, -0.15) is 0 Å². The van der Waals surface area contributed by atoms with Crippen LogP contribution in [0, 0.1) is 0 Å². The Morgan fingerprint density at radius 3 is 2.03 bits per heavy atom. The fourth-order valence-electron chi connectivity index (χ4n) is 4.04. The molecule has 0 saturated carbocycles.